The molecular formula is C10H23NO2. The SMILES string of the molecule is CCCCC(CN)CC(OC)OC. The molecule has 0 radical (unpaired) electrons. The zero-order valence-electron chi connectivity index (χ0n) is 9.08. The third-order valence-electron chi connectivity index (χ3n) is 2.35. The van der Waals surface area contributed by atoms with Crippen molar-refractivity contribution in [2.24, 2.45) is 11.7 Å². The number of ether oxygens (including phenoxy) is 2. The summed E-state index contributed by atoms with van der Waals surface area (Å²) in [5.41, 5.74) is 5.66. The van der Waals surface area contributed by atoms with Crippen LogP contribution in [0, 0.1) is 5.92 Å². The Morgan fingerprint density at radius 2 is 1.85 bits per heavy atom. The highest BCUT2D eigenvalue weighted by Gasteiger charge is 2.13. The number of hydrogen-bond donors (Lipinski definition) is 1. The van der Waals surface area contributed by atoms with Gasteiger partial charge in [-0.15, -0.1) is 0 Å². The lowest BCUT2D eigenvalue weighted by Gasteiger charge is -2.20. The Hall–Kier alpha value is -0.120. The van der Waals surface area contributed by atoms with Crippen molar-refractivity contribution in [3.63, 3.8) is 0 Å². The van der Waals surface area contributed by atoms with Gasteiger partial charge in [-0.2, -0.15) is 0 Å². The predicted octanol–water partition coefficient (Wildman–Crippen LogP) is 1.76. The van der Waals surface area contributed by atoms with E-state index in [4.69, 9.17) is 15.2 Å². The number of unbranched alkanes of at least 4 members (excludes halogenated alkanes) is 1. The second-order valence-electron chi connectivity index (χ2n) is 3.38. The van der Waals surface area contributed by atoms with Crippen molar-refractivity contribution in [2.45, 2.75) is 38.9 Å². The van der Waals surface area contributed by atoms with Gasteiger partial charge in [0.05, 0.1) is 0 Å². The lowest BCUT2D eigenvalue weighted by molar-refractivity contribution is -0.114. The number of nitrogens with two attached hydrogens (primary N) is 1. The molecule has 2 N–H and O–H groups in total. The third kappa shape index (κ3) is 6.02. The van der Waals surface area contributed by atoms with Crippen LogP contribution < -0.4 is 5.73 Å². The molecule has 0 bridgehead atoms. The summed E-state index contributed by atoms with van der Waals surface area (Å²) in [5, 5.41) is 0. The summed E-state index contributed by atoms with van der Waals surface area (Å²) >= 11 is 0. The molecule has 0 aromatic rings. The van der Waals surface area contributed by atoms with Gasteiger partial charge in [-0.25, -0.2) is 0 Å². The first-order chi connectivity index (χ1) is 6.28. The summed E-state index contributed by atoms with van der Waals surface area (Å²) < 4.78 is 10.3. The minimum Gasteiger partial charge on any atom is -0.356 e. The van der Waals surface area contributed by atoms with Crippen LogP contribution in [0.25, 0.3) is 0 Å². The molecule has 0 spiro atoms. The van der Waals surface area contributed by atoms with Crippen LogP contribution in [-0.2, 0) is 9.47 Å². The maximum absolute atomic E-state index is 5.66. The lowest BCUT2D eigenvalue weighted by Crippen LogP contribution is -2.23. The molecule has 80 valence electrons. The molecule has 3 nitrogen and oxygen atoms in total. The molecule has 1 unspecified atom stereocenters. The topological polar surface area (TPSA) is 44.5 Å². The van der Waals surface area contributed by atoms with Crippen molar-refractivity contribution in [2.75, 3.05) is 20.8 Å². The summed E-state index contributed by atoms with van der Waals surface area (Å²) in [4.78, 5) is 0. The average Bonchev–Trinajstić information content (AvgIpc) is 2.19. The van der Waals surface area contributed by atoms with Crippen LogP contribution in [0.2, 0.25) is 0 Å². The maximum atomic E-state index is 5.66. The van der Waals surface area contributed by atoms with Gasteiger partial charge in [-0.3, -0.25) is 0 Å². The van der Waals surface area contributed by atoms with E-state index in [2.05, 4.69) is 6.92 Å². The molecule has 0 fully saturated rings. The standard InChI is InChI=1S/C10H23NO2/c1-4-5-6-9(8-11)7-10(12-2)13-3/h9-10H,4-8,11H2,1-3H3. The molecule has 0 aliphatic carbocycles. The van der Waals surface area contributed by atoms with Crippen molar-refractivity contribution >= 4 is 0 Å². The second kappa shape index (κ2) is 8.48. The summed E-state index contributed by atoms with van der Waals surface area (Å²) in [6, 6.07) is 0. The first-order valence-electron chi connectivity index (χ1n) is 5.04. The Kier molecular flexibility index (Phi) is 8.40. The van der Waals surface area contributed by atoms with Gasteiger partial charge in [0.2, 0.25) is 0 Å². The fraction of sp³-hybridized carbons (Fsp3) is 1.00. The first kappa shape index (κ1) is 12.9. The summed E-state index contributed by atoms with van der Waals surface area (Å²) in [7, 11) is 3.34. The van der Waals surface area contributed by atoms with Crippen molar-refractivity contribution < 1.29 is 9.47 Å². The number of rotatable bonds is 8. The van der Waals surface area contributed by atoms with Gasteiger partial charge in [-0.1, -0.05) is 19.8 Å². The largest absolute Gasteiger partial charge is 0.356 e. The van der Waals surface area contributed by atoms with E-state index >= 15 is 0 Å². The van der Waals surface area contributed by atoms with Crippen LogP contribution in [0.5, 0.6) is 0 Å². The monoisotopic (exact) mass is 189 g/mol. The van der Waals surface area contributed by atoms with E-state index in [0.717, 1.165) is 13.0 Å². The molecule has 13 heavy (non-hydrogen) atoms. The van der Waals surface area contributed by atoms with Crippen LogP contribution in [-0.4, -0.2) is 27.1 Å². The molecular weight excluding hydrogens is 166 g/mol. The van der Waals surface area contributed by atoms with Gasteiger partial charge in [0.25, 0.3) is 0 Å². The zero-order valence-corrected chi connectivity index (χ0v) is 9.08. The van der Waals surface area contributed by atoms with E-state index in [1.54, 1.807) is 14.2 Å². The van der Waals surface area contributed by atoms with Crippen molar-refractivity contribution in [1.82, 2.24) is 0 Å². The van der Waals surface area contributed by atoms with Gasteiger partial charge in [-0.05, 0) is 18.9 Å². The Labute approximate surface area is 81.6 Å². The van der Waals surface area contributed by atoms with E-state index in [1.165, 1.54) is 19.3 Å². The molecule has 3 heteroatoms. The van der Waals surface area contributed by atoms with E-state index in [-0.39, 0.29) is 6.29 Å². The van der Waals surface area contributed by atoms with Gasteiger partial charge in [0.1, 0.15) is 0 Å². The van der Waals surface area contributed by atoms with Crippen molar-refractivity contribution in [3.05, 3.63) is 0 Å². The minimum absolute atomic E-state index is 0.0922. The molecule has 0 aliphatic heterocycles. The first-order valence-corrected chi connectivity index (χ1v) is 5.04. The number of hydrogen-bond acceptors (Lipinski definition) is 3. The van der Waals surface area contributed by atoms with E-state index in [1.807, 2.05) is 0 Å². The summed E-state index contributed by atoms with van der Waals surface area (Å²) in [6.07, 6.45) is 4.45. The number of methoxy groups -OCH3 is 2. The summed E-state index contributed by atoms with van der Waals surface area (Å²) in [5.74, 6) is 0.532. The van der Waals surface area contributed by atoms with E-state index in [9.17, 15) is 0 Å². The van der Waals surface area contributed by atoms with Crippen molar-refractivity contribution in [3.8, 4) is 0 Å². The van der Waals surface area contributed by atoms with Gasteiger partial charge in [0.15, 0.2) is 6.29 Å². The minimum atomic E-state index is -0.0922. The smallest absolute Gasteiger partial charge is 0.157 e. The van der Waals surface area contributed by atoms with Crippen molar-refractivity contribution in [1.29, 1.82) is 0 Å². The lowest BCUT2D eigenvalue weighted by atomic mass is 9.98. The molecule has 0 saturated carbocycles. The molecule has 0 amide bonds. The molecule has 0 rings (SSSR count). The van der Waals surface area contributed by atoms with Gasteiger partial charge in [0, 0.05) is 20.6 Å². The van der Waals surface area contributed by atoms with Crippen LogP contribution in [0.15, 0.2) is 0 Å². The normalized spacial score (nSPS) is 13.6. The Morgan fingerprint density at radius 3 is 2.23 bits per heavy atom. The fourth-order valence-corrected chi connectivity index (χ4v) is 1.39. The van der Waals surface area contributed by atoms with Crippen LogP contribution in [0.1, 0.15) is 32.6 Å². The Bertz CT molecular complexity index is 105. The molecule has 0 aliphatic rings. The maximum Gasteiger partial charge on any atom is 0.157 e. The van der Waals surface area contributed by atoms with E-state index in [0.29, 0.717) is 5.92 Å². The predicted molar refractivity (Wildman–Crippen MR) is 54.5 cm³/mol. The molecule has 0 heterocycles. The van der Waals surface area contributed by atoms with E-state index < -0.39 is 0 Å². The average molecular weight is 189 g/mol. The highest BCUT2D eigenvalue weighted by atomic mass is 16.7. The fourth-order valence-electron chi connectivity index (χ4n) is 1.39. The Balaban J connectivity index is 3.67. The molecule has 1 atom stereocenters. The van der Waals surface area contributed by atoms with Gasteiger partial charge >= 0.3 is 0 Å². The molecule has 0 aromatic heterocycles. The van der Waals surface area contributed by atoms with Crippen LogP contribution >= 0.6 is 0 Å². The third-order valence-corrected chi connectivity index (χ3v) is 2.35. The highest BCUT2D eigenvalue weighted by molar-refractivity contribution is 4.62. The molecule has 0 saturated heterocycles. The summed E-state index contributed by atoms with van der Waals surface area (Å²) in [6.45, 7) is 2.92. The van der Waals surface area contributed by atoms with Crippen LogP contribution in [0.4, 0.5) is 0 Å². The highest BCUT2D eigenvalue weighted by Crippen LogP contribution is 2.15. The zero-order chi connectivity index (χ0) is 10.1. The van der Waals surface area contributed by atoms with Crippen LogP contribution in [0.3, 0.4) is 0 Å². The molecule has 0 aromatic carbocycles. The van der Waals surface area contributed by atoms with Gasteiger partial charge < -0.3 is 15.2 Å². The quantitative estimate of drug-likeness (QED) is 0.592. The Morgan fingerprint density at radius 1 is 1.23 bits per heavy atom. The second-order valence-corrected chi connectivity index (χ2v) is 3.38.